The van der Waals surface area contributed by atoms with Gasteiger partial charge >= 0.3 is 0 Å². The lowest BCUT2D eigenvalue weighted by Gasteiger charge is -2.22. The zero-order chi connectivity index (χ0) is 15.8. The van der Waals surface area contributed by atoms with Crippen LogP contribution in [0.1, 0.15) is 64.2 Å². The molecule has 0 aliphatic heterocycles. The smallest absolute Gasteiger partial charge is 0.223 e. The third-order valence-corrected chi connectivity index (χ3v) is 5.24. The number of tetrazole rings is 1. The molecule has 0 unspecified atom stereocenters. The molecule has 0 radical (unpaired) electrons. The van der Waals surface area contributed by atoms with Crippen LogP contribution in [0, 0.1) is 0 Å². The van der Waals surface area contributed by atoms with Crippen molar-refractivity contribution >= 4 is 17.7 Å². The molecule has 1 aromatic heterocycles. The minimum absolute atomic E-state index is 0.240. The molecule has 1 aromatic rings. The number of hydrogen-bond acceptors (Lipinski definition) is 5. The fourth-order valence-electron chi connectivity index (χ4n) is 2.97. The van der Waals surface area contributed by atoms with Gasteiger partial charge in [-0.3, -0.25) is 4.79 Å². The maximum atomic E-state index is 11.9. The molecule has 1 heterocycles. The van der Waals surface area contributed by atoms with E-state index >= 15 is 0 Å². The third-order valence-electron chi connectivity index (χ3n) is 4.29. The van der Waals surface area contributed by atoms with Crippen molar-refractivity contribution in [2.24, 2.45) is 0 Å². The summed E-state index contributed by atoms with van der Waals surface area (Å²) >= 11 is 1.75. The summed E-state index contributed by atoms with van der Waals surface area (Å²) in [4.78, 5) is 13.8. The summed E-state index contributed by atoms with van der Waals surface area (Å²) < 4.78 is 2.01. The van der Waals surface area contributed by atoms with E-state index in [1.807, 2.05) is 23.4 Å². The number of carbonyl (C=O) groups excluding carboxylic acids is 1. The molecule has 1 saturated carbocycles. The van der Waals surface area contributed by atoms with Crippen LogP contribution in [0.5, 0.6) is 0 Å². The molecule has 22 heavy (non-hydrogen) atoms. The van der Waals surface area contributed by atoms with E-state index in [1.54, 1.807) is 11.8 Å². The van der Waals surface area contributed by atoms with Gasteiger partial charge in [0.1, 0.15) is 0 Å². The molecule has 124 valence electrons. The van der Waals surface area contributed by atoms with Crippen molar-refractivity contribution < 1.29 is 4.79 Å². The summed E-state index contributed by atoms with van der Waals surface area (Å²) in [7, 11) is 0. The molecule has 0 aromatic carbocycles. The van der Waals surface area contributed by atoms with E-state index < -0.39 is 0 Å². The fraction of sp³-hybridized carbons (Fsp3) is 0.867. The summed E-state index contributed by atoms with van der Waals surface area (Å²) in [5.74, 6) is 2.80. The van der Waals surface area contributed by atoms with Gasteiger partial charge in [-0.05, 0) is 37.1 Å². The summed E-state index contributed by atoms with van der Waals surface area (Å²) in [6.45, 7) is 5.62. The zero-order valence-electron chi connectivity index (χ0n) is 13.7. The number of hydrogen-bond donors (Lipinski definition) is 0. The third kappa shape index (κ3) is 4.69. The highest BCUT2D eigenvalue weighted by molar-refractivity contribution is 7.98. The van der Waals surface area contributed by atoms with Crippen molar-refractivity contribution in [1.82, 2.24) is 25.1 Å². The molecular weight excluding hydrogens is 298 g/mol. The summed E-state index contributed by atoms with van der Waals surface area (Å²) in [6, 6.07) is 0.469. The number of amides is 1. The van der Waals surface area contributed by atoms with Crippen molar-refractivity contribution in [2.45, 2.75) is 64.2 Å². The maximum absolute atomic E-state index is 11.9. The predicted molar refractivity (Wildman–Crippen MR) is 88.6 cm³/mol. The normalized spacial score (nSPS) is 15.9. The predicted octanol–water partition coefficient (Wildman–Crippen LogP) is 2.67. The highest BCUT2D eigenvalue weighted by Gasteiger charge is 2.20. The van der Waals surface area contributed by atoms with Crippen LogP contribution in [-0.4, -0.2) is 49.9 Å². The number of nitrogens with zero attached hydrogens (tertiary/aromatic N) is 5. The Hall–Kier alpha value is -1.11. The summed E-state index contributed by atoms with van der Waals surface area (Å²) in [6.07, 6.45) is 6.84. The molecule has 0 spiro atoms. The quantitative estimate of drug-likeness (QED) is 0.688. The van der Waals surface area contributed by atoms with Gasteiger partial charge in [-0.2, -0.15) is 11.8 Å². The Morgan fingerprint density at radius 3 is 2.68 bits per heavy atom. The Labute approximate surface area is 137 Å². The highest BCUT2D eigenvalue weighted by Crippen LogP contribution is 2.28. The zero-order valence-corrected chi connectivity index (χ0v) is 14.5. The van der Waals surface area contributed by atoms with Crippen LogP contribution in [0.3, 0.4) is 0 Å². The van der Waals surface area contributed by atoms with E-state index in [0.717, 1.165) is 30.4 Å². The Morgan fingerprint density at radius 2 is 2.00 bits per heavy atom. The average molecular weight is 325 g/mol. The van der Waals surface area contributed by atoms with Crippen molar-refractivity contribution in [3.8, 4) is 0 Å². The molecule has 1 fully saturated rings. The van der Waals surface area contributed by atoms with Crippen LogP contribution < -0.4 is 0 Å². The molecule has 1 aliphatic rings. The van der Waals surface area contributed by atoms with Gasteiger partial charge in [0, 0.05) is 25.3 Å². The van der Waals surface area contributed by atoms with E-state index in [9.17, 15) is 4.79 Å². The van der Waals surface area contributed by atoms with Crippen LogP contribution in [0.15, 0.2) is 0 Å². The highest BCUT2D eigenvalue weighted by atomic mass is 32.2. The Morgan fingerprint density at radius 1 is 1.27 bits per heavy atom. The standard InChI is InChI=1S/C15H27N5OS/c1-3-19(4-2)15(21)10-11-22-12-14-16-17-18-20(14)13-8-6-5-7-9-13/h13H,3-12H2,1-2H3. The molecule has 1 amide bonds. The summed E-state index contributed by atoms with van der Waals surface area (Å²) in [5, 5.41) is 12.2. The Bertz CT molecular complexity index is 455. The molecule has 6 nitrogen and oxygen atoms in total. The Balaban J connectivity index is 1.75. The van der Waals surface area contributed by atoms with Gasteiger partial charge in [0.2, 0.25) is 5.91 Å². The first-order chi connectivity index (χ1) is 10.8. The second-order valence-corrected chi connectivity index (χ2v) is 6.81. The molecule has 0 saturated heterocycles. The van der Waals surface area contributed by atoms with Crippen LogP contribution in [0.4, 0.5) is 0 Å². The molecule has 0 bridgehead atoms. The maximum Gasteiger partial charge on any atom is 0.223 e. The lowest BCUT2D eigenvalue weighted by Crippen LogP contribution is -2.30. The number of rotatable bonds is 8. The van der Waals surface area contributed by atoms with Gasteiger partial charge in [-0.15, -0.1) is 5.10 Å². The van der Waals surface area contributed by atoms with Crippen molar-refractivity contribution in [2.75, 3.05) is 18.8 Å². The lowest BCUT2D eigenvalue weighted by molar-refractivity contribution is -0.130. The first-order valence-corrected chi connectivity index (χ1v) is 9.54. The second-order valence-electron chi connectivity index (χ2n) is 5.70. The van der Waals surface area contributed by atoms with E-state index in [4.69, 9.17) is 0 Å². The van der Waals surface area contributed by atoms with Gasteiger partial charge in [-0.1, -0.05) is 19.3 Å². The van der Waals surface area contributed by atoms with E-state index in [0.29, 0.717) is 12.5 Å². The SMILES string of the molecule is CCN(CC)C(=O)CCSCc1nnnn1C1CCCCC1. The van der Waals surface area contributed by atoms with Gasteiger partial charge in [0.25, 0.3) is 0 Å². The molecule has 0 N–H and O–H groups in total. The molecular formula is C15H27N5OS. The van der Waals surface area contributed by atoms with Crippen LogP contribution in [-0.2, 0) is 10.5 Å². The topological polar surface area (TPSA) is 63.9 Å². The summed E-state index contributed by atoms with van der Waals surface area (Å²) in [5.41, 5.74) is 0. The molecule has 2 rings (SSSR count). The van der Waals surface area contributed by atoms with E-state index in [-0.39, 0.29) is 5.91 Å². The van der Waals surface area contributed by atoms with Gasteiger partial charge in [-0.25, -0.2) is 4.68 Å². The van der Waals surface area contributed by atoms with E-state index in [1.165, 1.54) is 32.1 Å². The lowest BCUT2D eigenvalue weighted by atomic mass is 9.96. The monoisotopic (exact) mass is 325 g/mol. The van der Waals surface area contributed by atoms with Crippen molar-refractivity contribution in [3.63, 3.8) is 0 Å². The van der Waals surface area contributed by atoms with Gasteiger partial charge < -0.3 is 4.90 Å². The van der Waals surface area contributed by atoms with Gasteiger partial charge in [0.15, 0.2) is 5.82 Å². The molecule has 1 aliphatic carbocycles. The minimum atomic E-state index is 0.240. The average Bonchev–Trinajstić information content (AvgIpc) is 3.02. The van der Waals surface area contributed by atoms with E-state index in [2.05, 4.69) is 15.5 Å². The molecule has 7 heteroatoms. The first kappa shape index (κ1) is 17.2. The molecule has 0 atom stereocenters. The minimum Gasteiger partial charge on any atom is -0.343 e. The van der Waals surface area contributed by atoms with Crippen molar-refractivity contribution in [1.29, 1.82) is 0 Å². The Kier molecular flexibility index (Phi) is 7.15. The largest absolute Gasteiger partial charge is 0.343 e. The second kappa shape index (κ2) is 9.12. The van der Waals surface area contributed by atoms with Crippen molar-refractivity contribution in [3.05, 3.63) is 5.82 Å². The van der Waals surface area contributed by atoms with Crippen LogP contribution in [0.25, 0.3) is 0 Å². The number of carbonyl (C=O) groups is 1. The number of aromatic nitrogens is 4. The fourth-order valence-corrected chi connectivity index (χ4v) is 3.81. The van der Waals surface area contributed by atoms with Gasteiger partial charge in [0.05, 0.1) is 11.8 Å². The first-order valence-electron chi connectivity index (χ1n) is 8.38. The van der Waals surface area contributed by atoms with Crippen LogP contribution >= 0.6 is 11.8 Å². The number of thioether (sulfide) groups is 1. The van der Waals surface area contributed by atoms with Crippen LogP contribution in [0.2, 0.25) is 0 Å².